The van der Waals surface area contributed by atoms with Gasteiger partial charge in [0.2, 0.25) is 0 Å². The van der Waals surface area contributed by atoms with E-state index in [4.69, 9.17) is 0 Å². The lowest BCUT2D eigenvalue weighted by atomic mass is 10.1. The second kappa shape index (κ2) is 5.53. The van der Waals surface area contributed by atoms with Gasteiger partial charge in [-0.2, -0.15) is 13.2 Å². The van der Waals surface area contributed by atoms with E-state index in [-0.39, 0.29) is 5.56 Å². The maximum absolute atomic E-state index is 12.8. The predicted octanol–water partition coefficient (Wildman–Crippen LogP) is 4.33. The monoisotopic (exact) mass is 280 g/mol. The van der Waals surface area contributed by atoms with Gasteiger partial charge in [-0.05, 0) is 43.2 Å². The standard InChI is InChI=1S/C15H15F3N2/c1-10-5-6-12(8-13(10)15(16,17)18)20-9-14-11(2)4-3-7-19-14/h3-8,20H,9H2,1-2H3. The first-order chi connectivity index (χ1) is 9.38. The van der Waals surface area contributed by atoms with Crippen LogP contribution in [-0.4, -0.2) is 4.98 Å². The Morgan fingerprint density at radius 2 is 1.85 bits per heavy atom. The van der Waals surface area contributed by atoms with Crippen molar-refractivity contribution < 1.29 is 13.2 Å². The van der Waals surface area contributed by atoms with Crippen molar-refractivity contribution in [2.24, 2.45) is 0 Å². The molecule has 0 saturated carbocycles. The van der Waals surface area contributed by atoms with Crippen molar-refractivity contribution in [3.05, 3.63) is 58.9 Å². The third-order valence-electron chi connectivity index (χ3n) is 3.12. The summed E-state index contributed by atoms with van der Waals surface area (Å²) in [4.78, 5) is 4.20. The smallest absolute Gasteiger partial charge is 0.379 e. The number of alkyl halides is 3. The predicted molar refractivity (Wildman–Crippen MR) is 72.5 cm³/mol. The van der Waals surface area contributed by atoms with Crippen molar-refractivity contribution in [1.29, 1.82) is 0 Å². The molecule has 106 valence electrons. The Morgan fingerprint density at radius 1 is 1.10 bits per heavy atom. The summed E-state index contributed by atoms with van der Waals surface area (Å²) in [7, 11) is 0. The molecule has 1 heterocycles. The van der Waals surface area contributed by atoms with Gasteiger partial charge in [0.15, 0.2) is 0 Å². The fraction of sp³-hybridized carbons (Fsp3) is 0.267. The number of halogens is 3. The summed E-state index contributed by atoms with van der Waals surface area (Å²) in [5.74, 6) is 0. The van der Waals surface area contributed by atoms with Gasteiger partial charge < -0.3 is 5.32 Å². The molecule has 0 aliphatic carbocycles. The number of hydrogen-bond acceptors (Lipinski definition) is 2. The molecule has 0 atom stereocenters. The topological polar surface area (TPSA) is 24.9 Å². The van der Waals surface area contributed by atoms with E-state index >= 15 is 0 Å². The van der Waals surface area contributed by atoms with Crippen LogP contribution in [0.2, 0.25) is 0 Å². The van der Waals surface area contributed by atoms with Crippen LogP contribution in [0.3, 0.4) is 0 Å². The molecule has 1 aromatic carbocycles. The van der Waals surface area contributed by atoms with E-state index in [2.05, 4.69) is 10.3 Å². The number of pyridine rings is 1. The molecule has 0 fully saturated rings. The number of benzene rings is 1. The molecule has 0 amide bonds. The van der Waals surface area contributed by atoms with E-state index in [0.717, 1.165) is 17.3 Å². The molecule has 2 aromatic rings. The van der Waals surface area contributed by atoms with Gasteiger partial charge in [0.05, 0.1) is 17.8 Å². The number of rotatable bonds is 3. The van der Waals surface area contributed by atoms with Gasteiger partial charge in [0.25, 0.3) is 0 Å². The quantitative estimate of drug-likeness (QED) is 0.905. The second-order valence-electron chi connectivity index (χ2n) is 4.65. The molecule has 5 heteroatoms. The van der Waals surface area contributed by atoms with Crippen LogP contribution in [0.4, 0.5) is 18.9 Å². The van der Waals surface area contributed by atoms with Gasteiger partial charge in [-0.15, -0.1) is 0 Å². The Morgan fingerprint density at radius 3 is 2.50 bits per heavy atom. The summed E-state index contributed by atoms with van der Waals surface area (Å²) in [6, 6.07) is 7.99. The molecule has 0 unspecified atom stereocenters. The third-order valence-corrected chi connectivity index (χ3v) is 3.12. The van der Waals surface area contributed by atoms with Gasteiger partial charge in [-0.1, -0.05) is 12.1 Å². The zero-order valence-corrected chi connectivity index (χ0v) is 11.3. The molecule has 2 rings (SSSR count). The molecule has 20 heavy (non-hydrogen) atoms. The number of nitrogens with zero attached hydrogens (tertiary/aromatic N) is 1. The van der Waals surface area contributed by atoms with Crippen LogP contribution < -0.4 is 5.32 Å². The fourth-order valence-corrected chi connectivity index (χ4v) is 1.93. The molecular weight excluding hydrogens is 265 g/mol. The van der Waals surface area contributed by atoms with Gasteiger partial charge in [0.1, 0.15) is 0 Å². The summed E-state index contributed by atoms with van der Waals surface area (Å²) in [5, 5.41) is 2.98. The maximum atomic E-state index is 12.8. The van der Waals surface area contributed by atoms with Crippen LogP contribution in [0.1, 0.15) is 22.4 Å². The Bertz CT molecular complexity index is 606. The number of nitrogens with one attached hydrogen (secondary N) is 1. The van der Waals surface area contributed by atoms with Crippen LogP contribution in [0.25, 0.3) is 0 Å². The molecule has 0 bridgehead atoms. The highest BCUT2D eigenvalue weighted by Crippen LogP contribution is 2.33. The first-order valence-electron chi connectivity index (χ1n) is 6.20. The average molecular weight is 280 g/mol. The maximum Gasteiger partial charge on any atom is 0.416 e. The minimum absolute atomic E-state index is 0.220. The summed E-state index contributed by atoms with van der Waals surface area (Å²) in [6.45, 7) is 3.77. The molecule has 2 nitrogen and oxygen atoms in total. The van der Waals surface area contributed by atoms with E-state index in [1.165, 1.54) is 13.0 Å². The van der Waals surface area contributed by atoms with Crippen molar-refractivity contribution in [2.75, 3.05) is 5.32 Å². The van der Waals surface area contributed by atoms with E-state index < -0.39 is 11.7 Å². The molecule has 1 aromatic heterocycles. The zero-order chi connectivity index (χ0) is 14.8. The van der Waals surface area contributed by atoms with Gasteiger partial charge in [-0.25, -0.2) is 0 Å². The van der Waals surface area contributed by atoms with Gasteiger partial charge in [-0.3, -0.25) is 4.98 Å². The van der Waals surface area contributed by atoms with E-state index in [1.54, 1.807) is 12.3 Å². The minimum atomic E-state index is -4.33. The Hall–Kier alpha value is -2.04. The molecule has 0 aliphatic heterocycles. The lowest BCUT2D eigenvalue weighted by Crippen LogP contribution is -2.09. The summed E-state index contributed by atoms with van der Waals surface area (Å²) >= 11 is 0. The third kappa shape index (κ3) is 3.29. The lowest BCUT2D eigenvalue weighted by molar-refractivity contribution is -0.138. The highest BCUT2D eigenvalue weighted by atomic mass is 19.4. The van der Waals surface area contributed by atoms with Crippen molar-refractivity contribution in [3.63, 3.8) is 0 Å². The first-order valence-corrected chi connectivity index (χ1v) is 6.20. The Labute approximate surface area is 115 Å². The van der Waals surface area contributed by atoms with E-state index in [9.17, 15) is 13.2 Å². The second-order valence-corrected chi connectivity index (χ2v) is 4.65. The van der Waals surface area contributed by atoms with Crippen molar-refractivity contribution in [2.45, 2.75) is 26.6 Å². The number of hydrogen-bond donors (Lipinski definition) is 1. The SMILES string of the molecule is Cc1ccc(NCc2ncccc2C)cc1C(F)(F)F. The highest BCUT2D eigenvalue weighted by molar-refractivity contribution is 5.49. The van der Waals surface area contributed by atoms with E-state index in [1.807, 2.05) is 19.1 Å². The first kappa shape index (κ1) is 14.4. The molecule has 0 aliphatic rings. The van der Waals surface area contributed by atoms with Crippen LogP contribution in [-0.2, 0) is 12.7 Å². The minimum Gasteiger partial charge on any atom is -0.379 e. The van der Waals surface area contributed by atoms with Crippen LogP contribution in [0, 0.1) is 13.8 Å². The Kier molecular flexibility index (Phi) is 3.97. The Balaban J connectivity index is 2.17. The normalized spacial score (nSPS) is 11.4. The van der Waals surface area contributed by atoms with Crippen LogP contribution in [0.15, 0.2) is 36.5 Å². The number of aromatic nitrogens is 1. The largest absolute Gasteiger partial charge is 0.416 e. The van der Waals surface area contributed by atoms with Gasteiger partial charge in [0, 0.05) is 11.9 Å². The molecule has 0 spiro atoms. The number of aryl methyl sites for hydroxylation is 2. The molecule has 1 N–H and O–H groups in total. The van der Waals surface area contributed by atoms with Crippen LogP contribution >= 0.6 is 0 Å². The number of anilines is 1. The van der Waals surface area contributed by atoms with Gasteiger partial charge >= 0.3 is 6.18 Å². The highest BCUT2D eigenvalue weighted by Gasteiger charge is 2.32. The molecular formula is C15H15F3N2. The lowest BCUT2D eigenvalue weighted by Gasteiger charge is -2.13. The van der Waals surface area contributed by atoms with Crippen molar-refractivity contribution >= 4 is 5.69 Å². The van der Waals surface area contributed by atoms with Crippen molar-refractivity contribution in [3.8, 4) is 0 Å². The van der Waals surface area contributed by atoms with Crippen LogP contribution in [0.5, 0.6) is 0 Å². The average Bonchev–Trinajstić information content (AvgIpc) is 2.38. The van der Waals surface area contributed by atoms with E-state index in [0.29, 0.717) is 12.2 Å². The summed E-state index contributed by atoms with van der Waals surface area (Å²) in [5.41, 5.74) is 1.87. The zero-order valence-electron chi connectivity index (χ0n) is 11.3. The molecule has 0 radical (unpaired) electrons. The summed E-state index contributed by atoms with van der Waals surface area (Å²) < 4.78 is 38.4. The summed E-state index contributed by atoms with van der Waals surface area (Å²) in [6.07, 6.45) is -2.66. The molecule has 0 saturated heterocycles. The fourth-order valence-electron chi connectivity index (χ4n) is 1.93. The van der Waals surface area contributed by atoms with Crippen molar-refractivity contribution in [1.82, 2.24) is 4.98 Å².